The molecule has 0 amide bonds. The fourth-order valence-electron chi connectivity index (χ4n) is 5.48. The van der Waals surface area contributed by atoms with E-state index in [4.69, 9.17) is 4.74 Å². The van der Waals surface area contributed by atoms with Crippen LogP contribution in [0.15, 0.2) is 60.8 Å². The van der Waals surface area contributed by atoms with Crippen LogP contribution in [0.3, 0.4) is 0 Å². The summed E-state index contributed by atoms with van der Waals surface area (Å²) in [7, 11) is 4.23. The normalized spacial score (nSPS) is 20.3. The van der Waals surface area contributed by atoms with Gasteiger partial charge in [0.15, 0.2) is 0 Å². The predicted octanol–water partition coefficient (Wildman–Crippen LogP) is 5.96. The average Bonchev–Trinajstić information content (AvgIpc) is 3.40. The second-order valence-electron chi connectivity index (χ2n) is 10.3. The van der Waals surface area contributed by atoms with Crippen molar-refractivity contribution in [2.24, 2.45) is 0 Å². The summed E-state index contributed by atoms with van der Waals surface area (Å²) in [5.74, 6) is 0. The first-order valence-electron chi connectivity index (χ1n) is 12.8. The Kier molecular flexibility index (Phi) is 6.37. The van der Waals surface area contributed by atoms with E-state index in [0.717, 1.165) is 36.3 Å². The van der Waals surface area contributed by atoms with E-state index in [2.05, 4.69) is 101 Å². The molecule has 1 N–H and O–H groups in total. The summed E-state index contributed by atoms with van der Waals surface area (Å²) in [4.78, 5) is 7.34. The third kappa shape index (κ3) is 4.59. The number of fused-ring (bicyclic) bond motifs is 4. The Morgan fingerprint density at radius 2 is 2.03 bits per heavy atom. The van der Waals surface area contributed by atoms with Crippen molar-refractivity contribution in [3.63, 3.8) is 0 Å². The minimum Gasteiger partial charge on any atom is -0.376 e. The number of hydrogen-bond acceptors (Lipinski definition) is 7. The molecule has 2 aromatic carbocycles. The molecule has 2 unspecified atom stereocenters. The first-order chi connectivity index (χ1) is 17.5. The van der Waals surface area contributed by atoms with Crippen LogP contribution >= 0.6 is 11.3 Å². The second kappa shape index (κ2) is 9.81. The molecule has 3 atom stereocenters. The van der Waals surface area contributed by atoms with Crippen molar-refractivity contribution < 1.29 is 4.74 Å². The Hall–Kier alpha value is -3.00. The van der Waals surface area contributed by atoms with E-state index in [1.54, 1.807) is 0 Å². The highest BCUT2D eigenvalue weighted by atomic mass is 32.1. The molecule has 2 aromatic heterocycles. The molecule has 3 aliphatic heterocycles. The van der Waals surface area contributed by atoms with Crippen molar-refractivity contribution in [2.75, 3.05) is 37.5 Å². The summed E-state index contributed by atoms with van der Waals surface area (Å²) in [6, 6.07) is 20.4. The van der Waals surface area contributed by atoms with Crippen molar-refractivity contribution in [3.8, 4) is 10.4 Å². The molecule has 5 heterocycles. The first kappa shape index (κ1) is 23.4. The summed E-state index contributed by atoms with van der Waals surface area (Å²) in [6.07, 6.45) is 4.59. The molecule has 3 saturated heterocycles. The van der Waals surface area contributed by atoms with E-state index in [-0.39, 0.29) is 6.04 Å². The van der Waals surface area contributed by atoms with Gasteiger partial charge in [0.1, 0.15) is 0 Å². The number of hydrogen-bond donors (Lipinski definition) is 1. The highest BCUT2D eigenvalue weighted by Gasteiger charge is 2.34. The SMILES string of the molecule is C[C@@H](Nc1cnnc2ccc(N3CC4CCC3CO4)cc12)c1ccc(-c2ccccc2CN(C)C)s1. The van der Waals surface area contributed by atoms with Gasteiger partial charge in [0.05, 0.1) is 42.2 Å². The molecule has 4 aromatic rings. The summed E-state index contributed by atoms with van der Waals surface area (Å²) in [5, 5.41) is 13.5. The number of rotatable bonds is 7. The van der Waals surface area contributed by atoms with Gasteiger partial charge in [-0.3, -0.25) is 0 Å². The third-order valence-corrected chi connectivity index (χ3v) is 8.64. The van der Waals surface area contributed by atoms with Crippen molar-refractivity contribution in [1.29, 1.82) is 0 Å². The number of benzene rings is 2. The largest absolute Gasteiger partial charge is 0.376 e. The lowest BCUT2D eigenvalue weighted by Gasteiger charge is -2.46. The molecule has 0 saturated carbocycles. The Labute approximate surface area is 216 Å². The number of ether oxygens (including phenoxy) is 1. The molecule has 0 spiro atoms. The summed E-state index contributed by atoms with van der Waals surface area (Å²) in [5.41, 5.74) is 5.86. The molecule has 3 aliphatic rings. The number of morpholine rings is 1. The standard InChI is InChI=1S/C29H33N5OS/c1-19(28-12-13-29(36-28)24-7-5-4-6-20(24)16-33(2)3)31-27-15-30-32-26-11-9-21(14-25(26)27)34-17-23-10-8-22(34)18-35-23/h4-7,9,11-15,19,22-23H,8,10,16-18H2,1-3H3,(H,31,32)/t19-,22?,23?/m1/s1. The van der Waals surface area contributed by atoms with E-state index in [1.165, 1.54) is 39.4 Å². The lowest BCUT2D eigenvalue weighted by atomic mass is 9.96. The van der Waals surface area contributed by atoms with Crippen LogP contribution in [0.25, 0.3) is 21.3 Å². The van der Waals surface area contributed by atoms with E-state index in [1.807, 2.05) is 17.5 Å². The van der Waals surface area contributed by atoms with Crippen molar-refractivity contribution in [1.82, 2.24) is 15.1 Å². The van der Waals surface area contributed by atoms with Crippen LogP contribution in [0.1, 0.15) is 36.2 Å². The Balaban J connectivity index is 1.26. The van der Waals surface area contributed by atoms with Crippen molar-refractivity contribution >= 4 is 33.6 Å². The third-order valence-electron chi connectivity index (χ3n) is 7.34. The highest BCUT2D eigenvalue weighted by Crippen LogP contribution is 2.37. The minimum atomic E-state index is 0.153. The summed E-state index contributed by atoms with van der Waals surface area (Å²) in [6.45, 7) is 4.95. The van der Waals surface area contributed by atoms with Gasteiger partial charge in [-0.1, -0.05) is 24.3 Å². The van der Waals surface area contributed by atoms with Crippen LogP contribution < -0.4 is 10.2 Å². The van der Waals surface area contributed by atoms with Gasteiger partial charge in [0, 0.05) is 33.9 Å². The predicted molar refractivity (Wildman–Crippen MR) is 149 cm³/mol. The molecular weight excluding hydrogens is 466 g/mol. The Morgan fingerprint density at radius 1 is 1.14 bits per heavy atom. The number of thiophene rings is 1. The zero-order chi connectivity index (χ0) is 24.6. The lowest BCUT2D eigenvalue weighted by molar-refractivity contribution is -0.0225. The van der Waals surface area contributed by atoms with Gasteiger partial charge in [0.2, 0.25) is 0 Å². The van der Waals surface area contributed by atoms with Gasteiger partial charge in [-0.05, 0) is 75.3 Å². The Bertz CT molecular complexity index is 1360. The van der Waals surface area contributed by atoms with Crippen LogP contribution in [0.4, 0.5) is 11.4 Å². The van der Waals surface area contributed by atoms with E-state index >= 15 is 0 Å². The molecule has 2 bridgehead atoms. The molecule has 7 rings (SSSR count). The maximum absolute atomic E-state index is 5.92. The molecule has 6 nitrogen and oxygen atoms in total. The molecule has 0 radical (unpaired) electrons. The van der Waals surface area contributed by atoms with Crippen LogP contribution in [0.2, 0.25) is 0 Å². The zero-order valence-electron chi connectivity index (χ0n) is 21.1. The monoisotopic (exact) mass is 499 g/mol. The molecule has 7 heteroatoms. The van der Waals surface area contributed by atoms with Gasteiger partial charge >= 0.3 is 0 Å². The molecule has 0 aliphatic carbocycles. The van der Waals surface area contributed by atoms with Crippen LogP contribution in [-0.4, -0.2) is 54.5 Å². The highest BCUT2D eigenvalue weighted by molar-refractivity contribution is 7.15. The first-order valence-corrected chi connectivity index (χ1v) is 13.6. The summed E-state index contributed by atoms with van der Waals surface area (Å²) >= 11 is 1.85. The number of nitrogens with one attached hydrogen (secondary N) is 1. The topological polar surface area (TPSA) is 53.5 Å². The van der Waals surface area contributed by atoms with Gasteiger partial charge in [-0.25, -0.2) is 0 Å². The van der Waals surface area contributed by atoms with Crippen molar-refractivity contribution in [2.45, 2.75) is 44.5 Å². The number of aromatic nitrogens is 2. The van der Waals surface area contributed by atoms with Crippen molar-refractivity contribution in [3.05, 3.63) is 71.2 Å². The smallest absolute Gasteiger partial charge is 0.0951 e. The molecule has 36 heavy (non-hydrogen) atoms. The zero-order valence-corrected chi connectivity index (χ0v) is 22.0. The molecule has 186 valence electrons. The fourth-order valence-corrected chi connectivity index (χ4v) is 6.55. The van der Waals surface area contributed by atoms with E-state index in [9.17, 15) is 0 Å². The Morgan fingerprint density at radius 3 is 2.81 bits per heavy atom. The minimum absolute atomic E-state index is 0.153. The van der Waals surface area contributed by atoms with Gasteiger partial charge in [0.25, 0.3) is 0 Å². The molecular formula is C29H33N5OS. The fraction of sp³-hybridized carbons (Fsp3) is 0.379. The number of nitrogens with zero attached hydrogens (tertiary/aromatic N) is 4. The average molecular weight is 500 g/mol. The van der Waals surface area contributed by atoms with Crippen LogP contribution in [-0.2, 0) is 11.3 Å². The summed E-state index contributed by atoms with van der Waals surface area (Å²) < 4.78 is 5.92. The van der Waals surface area contributed by atoms with E-state index in [0.29, 0.717) is 12.1 Å². The van der Waals surface area contributed by atoms with Gasteiger partial charge in [-0.2, -0.15) is 10.2 Å². The van der Waals surface area contributed by atoms with Gasteiger partial charge in [-0.15, -0.1) is 11.3 Å². The maximum Gasteiger partial charge on any atom is 0.0951 e. The maximum atomic E-state index is 5.92. The van der Waals surface area contributed by atoms with Crippen LogP contribution in [0.5, 0.6) is 0 Å². The quantitative estimate of drug-likeness (QED) is 0.339. The van der Waals surface area contributed by atoms with E-state index < -0.39 is 0 Å². The number of piperidine rings is 1. The second-order valence-corrected chi connectivity index (χ2v) is 11.4. The molecule has 3 fully saturated rings. The van der Waals surface area contributed by atoms with Gasteiger partial charge < -0.3 is 19.9 Å². The lowest BCUT2D eigenvalue weighted by Crippen LogP contribution is -2.54. The van der Waals surface area contributed by atoms with Crippen LogP contribution in [0, 0.1) is 0 Å². The number of anilines is 2.